The summed E-state index contributed by atoms with van der Waals surface area (Å²) in [5.74, 6) is 0. The number of nitrogens with two attached hydrogens (primary N) is 1. The van der Waals surface area contributed by atoms with Crippen molar-refractivity contribution in [3.8, 4) is 0 Å². The minimum absolute atomic E-state index is 0.148. The van der Waals surface area contributed by atoms with Crippen molar-refractivity contribution in [2.45, 2.75) is 52.2 Å². The number of hydrogen-bond donors (Lipinski definition) is 2. The van der Waals surface area contributed by atoms with Crippen molar-refractivity contribution in [2.75, 3.05) is 5.32 Å². The average molecular weight is 264 g/mol. The van der Waals surface area contributed by atoms with E-state index >= 15 is 0 Å². The molecule has 0 aliphatic carbocycles. The molecule has 0 aromatic heterocycles. The Morgan fingerprint density at radius 3 is 2.58 bits per heavy atom. The van der Waals surface area contributed by atoms with Gasteiger partial charge in [-0.05, 0) is 52.2 Å². The standard InChI is InChI=1S/C15H24N2O2/c1-11(16)9-10-12-7-5-6-8-13(12)17-14(18)19-15(2,3)4/h5-8,11H,9-10,16H2,1-4H3,(H,17,18)/t11-/m0/s1. The van der Waals surface area contributed by atoms with E-state index in [1.165, 1.54) is 0 Å². The molecule has 19 heavy (non-hydrogen) atoms. The molecule has 0 aliphatic rings. The number of aryl methyl sites for hydroxylation is 1. The van der Waals surface area contributed by atoms with Crippen LogP contribution in [0.1, 0.15) is 39.7 Å². The van der Waals surface area contributed by atoms with Crippen LogP contribution in [0.15, 0.2) is 24.3 Å². The maximum atomic E-state index is 11.8. The highest BCUT2D eigenvalue weighted by Gasteiger charge is 2.17. The van der Waals surface area contributed by atoms with Gasteiger partial charge in [-0.1, -0.05) is 18.2 Å². The Balaban J connectivity index is 2.69. The predicted molar refractivity (Wildman–Crippen MR) is 78.3 cm³/mol. The first-order valence-electron chi connectivity index (χ1n) is 6.61. The second-order valence-corrected chi connectivity index (χ2v) is 5.80. The second kappa shape index (κ2) is 6.57. The van der Waals surface area contributed by atoms with Crippen LogP contribution in [0, 0.1) is 0 Å². The molecular weight excluding hydrogens is 240 g/mol. The summed E-state index contributed by atoms with van der Waals surface area (Å²) in [4.78, 5) is 11.8. The maximum absolute atomic E-state index is 11.8. The van der Waals surface area contributed by atoms with Crippen molar-refractivity contribution < 1.29 is 9.53 Å². The van der Waals surface area contributed by atoms with Crippen LogP contribution in [0.4, 0.5) is 10.5 Å². The highest BCUT2D eigenvalue weighted by atomic mass is 16.6. The summed E-state index contributed by atoms with van der Waals surface area (Å²) in [7, 11) is 0. The number of carbonyl (C=O) groups is 1. The molecule has 1 aromatic carbocycles. The molecule has 4 nitrogen and oxygen atoms in total. The Morgan fingerprint density at radius 2 is 2.00 bits per heavy atom. The highest BCUT2D eigenvalue weighted by Crippen LogP contribution is 2.18. The monoisotopic (exact) mass is 264 g/mol. The molecule has 106 valence electrons. The van der Waals surface area contributed by atoms with Crippen molar-refractivity contribution in [3.63, 3.8) is 0 Å². The van der Waals surface area contributed by atoms with Crippen LogP contribution in [0.2, 0.25) is 0 Å². The number of hydrogen-bond acceptors (Lipinski definition) is 3. The van der Waals surface area contributed by atoms with E-state index in [1.807, 2.05) is 52.0 Å². The van der Waals surface area contributed by atoms with Crippen molar-refractivity contribution in [3.05, 3.63) is 29.8 Å². The van der Waals surface area contributed by atoms with Gasteiger partial charge in [0.2, 0.25) is 0 Å². The van der Waals surface area contributed by atoms with Crippen molar-refractivity contribution in [1.82, 2.24) is 0 Å². The van der Waals surface area contributed by atoms with Gasteiger partial charge >= 0.3 is 6.09 Å². The summed E-state index contributed by atoms with van der Waals surface area (Å²) >= 11 is 0. The van der Waals surface area contributed by atoms with E-state index < -0.39 is 11.7 Å². The summed E-state index contributed by atoms with van der Waals surface area (Å²) < 4.78 is 5.25. The molecule has 0 saturated carbocycles. The van der Waals surface area contributed by atoms with Gasteiger partial charge in [0.1, 0.15) is 5.60 Å². The lowest BCUT2D eigenvalue weighted by atomic mass is 10.0. The van der Waals surface area contributed by atoms with Crippen LogP contribution >= 0.6 is 0 Å². The van der Waals surface area contributed by atoms with Crippen molar-refractivity contribution >= 4 is 11.8 Å². The zero-order valence-corrected chi connectivity index (χ0v) is 12.2. The molecule has 0 spiro atoms. The molecule has 0 unspecified atom stereocenters. The number of anilines is 1. The lowest BCUT2D eigenvalue weighted by Crippen LogP contribution is -2.27. The topological polar surface area (TPSA) is 64.3 Å². The second-order valence-electron chi connectivity index (χ2n) is 5.80. The third-order valence-electron chi connectivity index (χ3n) is 2.52. The smallest absolute Gasteiger partial charge is 0.412 e. The maximum Gasteiger partial charge on any atom is 0.412 e. The minimum atomic E-state index is -0.495. The SMILES string of the molecule is C[C@H](N)CCc1ccccc1NC(=O)OC(C)(C)C. The fourth-order valence-corrected chi connectivity index (χ4v) is 1.66. The van der Waals surface area contributed by atoms with Crippen LogP contribution in [0.5, 0.6) is 0 Å². The lowest BCUT2D eigenvalue weighted by Gasteiger charge is -2.20. The molecule has 1 aromatic rings. The number of benzene rings is 1. The van der Waals surface area contributed by atoms with Crippen LogP contribution in [0.25, 0.3) is 0 Å². The highest BCUT2D eigenvalue weighted by molar-refractivity contribution is 5.85. The van der Waals surface area contributed by atoms with Gasteiger partial charge in [0, 0.05) is 11.7 Å². The fraction of sp³-hybridized carbons (Fsp3) is 0.533. The lowest BCUT2D eigenvalue weighted by molar-refractivity contribution is 0.0636. The molecule has 3 N–H and O–H groups in total. The largest absolute Gasteiger partial charge is 0.444 e. The van der Waals surface area contributed by atoms with Gasteiger partial charge in [-0.3, -0.25) is 5.32 Å². The van der Waals surface area contributed by atoms with Crippen LogP contribution in [-0.4, -0.2) is 17.7 Å². The van der Waals surface area contributed by atoms with Gasteiger partial charge in [0.15, 0.2) is 0 Å². The molecule has 0 aliphatic heterocycles. The number of rotatable bonds is 4. The van der Waals surface area contributed by atoms with Crippen LogP contribution in [-0.2, 0) is 11.2 Å². The van der Waals surface area contributed by atoms with E-state index in [0.717, 1.165) is 24.1 Å². The van der Waals surface area contributed by atoms with E-state index in [-0.39, 0.29) is 6.04 Å². The quantitative estimate of drug-likeness (QED) is 0.876. The number of para-hydroxylation sites is 1. The van der Waals surface area contributed by atoms with Gasteiger partial charge < -0.3 is 10.5 Å². The molecule has 4 heteroatoms. The van der Waals surface area contributed by atoms with Gasteiger partial charge in [0.05, 0.1) is 0 Å². The Kier molecular flexibility index (Phi) is 5.36. The number of nitrogens with one attached hydrogen (secondary N) is 1. The third-order valence-corrected chi connectivity index (χ3v) is 2.52. The van der Waals surface area contributed by atoms with Gasteiger partial charge in [0.25, 0.3) is 0 Å². The Morgan fingerprint density at radius 1 is 1.37 bits per heavy atom. The first-order chi connectivity index (χ1) is 8.78. The van der Waals surface area contributed by atoms with Gasteiger partial charge in [-0.2, -0.15) is 0 Å². The van der Waals surface area contributed by atoms with Gasteiger partial charge in [-0.15, -0.1) is 0 Å². The van der Waals surface area contributed by atoms with E-state index in [1.54, 1.807) is 0 Å². The minimum Gasteiger partial charge on any atom is -0.444 e. The Bertz CT molecular complexity index is 422. The number of carbonyl (C=O) groups excluding carboxylic acids is 1. The number of amides is 1. The Hall–Kier alpha value is -1.55. The molecule has 0 saturated heterocycles. The fourth-order valence-electron chi connectivity index (χ4n) is 1.66. The molecular formula is C15H24N2O2. The molecule has 1 amide bonds. The zero-order valence-electron chi connectivity index (χ0n) is 12.2. The zero-order chi connectivity index (χ0) is 14.5. The van der Waals surface area contributed by atoms with Gasteiger partial charge in [-0.25, -0.2) is 4.79 Å². The van der Waals surface area contributed by atoms with Crippen LogP contribution < -0.4 is 11.1 Å². The summed E-state index contributed by atoms with van der Waals surface area (Å²) in [6.07, 6.45) is 1.29. The summed E-state index contributed by atoms with van der Waals surface area (Å²) in [5, 5.41) is 2.79. The number of ether oxygens (including phenoxy) is 1. The first-order valence-corrected chi connectivity index (χ1v) is 6.61. The third kappa shape index (κ3) is 6.25. The van der Waals surface area contributed by atoms with E-state index in [4.69, 9.17) is 10.5 Å². The molecule has 0 radical (unpaired) electrons. The summed E-state index contributed by atoms with van der Waals surface area (Å²) in [6, 6.07) is 7.86. The average Bonchev–Trinajstić information content (AvgIpc) is 2.25. The van der Waals surface area contributed by atoms with Crippen molar-refractivity contribution in [1.29, 1.82) is 0 Å². The van der Waals surface area contributed by atoms with E-state index in [2.05, 4.69) is 5.32 Å². The van der Waals surface area contributed by atoms with E-state index in [0.29, 0.717) is 0 Å². The normalized spacial score (nSPS) is 12.9. The summed E-state index contributed by atoms with van der Waals surface area (Å²) in [6.45, 7) is 7.50. The summed E-state index contributed by atoms with van der Waals surface area (Å²) in [5.41, 5.74) is 7.13. The van der Waals surface area contributed by atoms with E-state index in [9.17, 15) is 4.79 Å². The van der Waals surface area contributed by atoms with Crippen LogP contribution in [0.3, 0.4) is 0 Å². The first kappa shape index (κ1) is 15.5. The molecule has 1 atom stereocenters. The molecule has 0 bridgehead atoms. The molecule has 0 heterocycles. The molecule has 0 fully saturated rings. The predicted octanol–water partition coefficient (Wildman–Crippen LogP) is 3.31. The Labute approximate surface area is 115 Å². The molecule has 1 rings (SSSR count). The van der Waals surface area contributed by atoms with Crippen molar-refractivity contribution in [2.24, 2.45) is 5.73 Å².